The summed E-state index contributed by atoms with van der Waals surface area (Å²) in [5.41, 5.74) is 34.1. The van der Waals surface area contributed by atoms with E-state index in [-0.39, 0.29) is 21.7 Å². The molecule has 0 N–H and O–H groups in total. The third-order valence-electron chi connectivity index (χ3n) is 26.8. The monoisotopic (exact) mass is 1640 g/mol. The summed E-state index contributed by atoms with van der Waals surface area (Å²) in [6.45, 7) is 18.5. The number of fused-ring (bicyclic) bond motifs is 15. The molecule has 9 heteroatoms. The second-order valence-corrected chi connectivity index (χ2v) is 36.0. The van der Waals surface area contributed by atoms with Crippen molar-refractivity contribution >= 4 is 21.5 Å². The summed E-state index contributed by atoms with van der Waals surface area (Å²) in [4.78, 5) is 45.6. The fourth-order valence-corrected chi connectivity index (χ4v) is 19.9. The Morgan fingerprint density at radius 2 is 0.383 bits per heavy atom. The van der Waals surface area contributed by atoms with Crippen molar-refractivity contribution in [3.63, 3.8) is 0 Å². The van der Waals surface area contributed by atoms with Gasteiger partial charge in [-0.2, -0.15) is 0 Å². The Kier molecular flexibility index (Phi) is 19.1. The van der Waals surface area contributed by atoms with Crippen LogP contribution in [-0.2, 0) is 21.7 Å². The first kappa shape index (κ1) is 78.3. The van der Waals surface area contributed by atoms with E-state index in [1.165, 1.54) is 111 Å². The minimum Gasteiger partial charge on any atom is -0.208 e. The van der Waals surface area contributed by atoms with E-state index in [1.54, 1.807) is 0 Å². The molecule has 3 heterocycles. The van der Waals surface area contributed by atoms with Crippen molar-refractivity contribution in [2.75, 3.05) is 0 Å². The standard InChI is InChI=1S/C43H33N3.C40H29N3.C36H27N3/c1-42(2)35-15-9-7-13-31(35)33-21-19-29(24-37(33)42)40-44-39(28-18-17-26-11-5-6-12-27(26)23-28)45-41(46-40)30-20-22-34-32-14-8-10-16-36(32)43(3,4)38(34)25-30;1-40(2)34-20-12-11-19-32(34)36-31-18-10-9-17-30(31)33(25-35(36)40)39-42-37(28-15-7-4-8-16-28)41-38(43-39)29-23-21-27(22-24-29)26-13-5-3-6-14-26;1-36(2)31-16-10-9-15-29(31)30-22-21-28(23-32(30)36)35-38-33(26-13-7-4-8-14-26)37-34(39-35)27-19-17-25(18-20-27)24-11-5-3-6-12-24/h5-25H,1-4H3;3-25H,1-2H3;3-23H,1-2H3. The van der Waals surface area contributed by atoms with Crippen LogP contribution in [0.1, 0.15) is 99.9 Å². The van der Waals surface area contributed by atoms with E-state index < -0.39 is 0 Å². The lowest BCUT2D eigenvalue weighted by Gasteiger charge is -2.22. The Bertz CT molecular complexity index is 7650. The topological polar surface area (TPSA) is 116 Å². The van der Waals surface area contributed by atoms with Gasteiger partial charge in [0, 0.05) is 71.7 Å². The van der Waals surface area contributed by atoms with Gasteiger partial charge in [-0.15, -0.1) is 0 Å². The van der Waals surface area contributed by atoms with E-state index in [4.69, 9.17) is 44.9 Å². The first-order valence-corrected chi connectivity index (χ1v) is 44.1. The van der Waals surface area contributed by atoms with Crippen LogP contribution in [0.15, 0.2) is 394 Å². The SMILES string of the molecule is CC1(C)c2ccccc2-c2c1cc(-c1nc(-c3ccccc3)nc(-c3ccc(-c4ccccc4)cc3)n1)c1ccccc21.CC1(C)c2ccccc2-c2ccc(-c3nc(-c4ccc5c(c4)C(C)(C)c4ccccc4-5)nc(-c4ccc5ccccc5c4)n3)cc21.CC1(C)c2ccccc2-c2ccc(-c3nc(-c4ccccc4)nc(-c4ccc(-c5ccccc5)cc4)n3)cc21. The number of benzene rings is 17. The molecule has 17 aromatic carbocycles. The average Bonchev–Trinajstić information content (AvgIpc) is 1.56. The first-order chi connectivity index (χ1) is 62.4. The second kappa shape index (κ2) is 31.2. The predicted octanol–water partition coefficient (Wildman–Crippen LogP) is 29.5. The van der Waals surface area contributed by atoms with Crippen LogP contribution in [0, 0.1) is 0 Å². The summed E-state index contributed by atoms with van der Waals surface area (Å²) >= 11 is 0. The molecule has 24 rings (SSSR count). The zero-order valence-corrected chi connectivity index (χ0v) is 72.6. The Hall–Kier alpha value is -15.7. The molecular weight excluding hydrogens is 1560 g/mol. The minimum atomic E-state index is -0.143. The molecule has 0 aliphatic heterocycles. The largest absolute Gasteiger partial charge is 0.208 e. The quantitative estimate of drug-likeness (QED) is 0.125. The van der Waals surface area contributed by atoms with E-state index in [9.17, 15) is 0 Å². The van der Waals surface area contributed by atoms with Gasteiger partial charge in [-0.05, 0) is 163 Å². The minimum absolute atomic E-state index is 0.0900. The fourth-order valence-electron chi connectivity index (χ4n) is 19.9. The van der Waals surface area contributed by atoms with Crippen molar-refractivity contribution < 1.29 is 0 Å². The van der Waals surface area contributed by atoms with Gasteiger partial charge < -0.3 is 0 Å². The normalized spacial score (nSPS) is 13.7. The number of hydrogen-bond acceptors (Lipinski definition) is 9. The summed E-state index contributed by atoms with van der Waals surface area (Å²) in [6, 6.07) is 139. The number of rotatable bonds is 11. The van der Waals surface area contributed by atoms with E-state index in [2.05, 4.69) is 389 Å². The van der Waals surface area contributed by atoms with E-state index in [0.29, 0.717) is 52.4 Å². The highest BCUT2D eigenvalue weighted by Crippen LogP contribution is 2.56. The van der Waals surface area contributed by atoms with Crippen LogP contribution in [0.2, 0.25) is 0 Å². The fraction of sp³-hybridized carbons (Fsp3) is 0.101. The van der Waals surface area contributed by atoms with Crippen molar-refractivity contribution in [1.82, 2.24) is 44.9 Å². The van der Waals surface area contributed by atoms with Crippen molar-refractivity contribution in [2.24, 2.45) is 0 Å². The van der Waals surface area contributed by atoms with Crippen LogP contribution >= 0.6 is 0 Å². The van der Waals surface area contributed by atoms with Crippen LogP contribution < -0.4 is 0 Å². The molecule has 9 nitrogen and oxygen atoms in total. The van der Waals surface area contributed by atoms with Gasteiger partial charge in [-0.25, -0.2) is 44.9 Å². The highest BCUT2D eigenvalue weighted by Gasteiger charge is 2.41. The van der Waals surface area contributed by atoms with Crippen molar-refractivity contribution in [2.45, 2.75) is 77.0 Å². The lowest BCUT2D eigenvalue weighted by atomic mass is 9.81. The molecule has 0 radical (unpaired) electrons. The molecule has 0 fully saturated rings. The third-order valence-corrected chi connectivity index (χ3v) is 26.8. The molecular formula is C119H89N9. The molecule has 0 spiro atoms. The molecule has 0 amide bonds. The van der Waals surface area contributed by atoms with Gasteiger partial charge in [0.2, 0.25) is 0 Å². The van der Waals surface area contributed by atoms with Crippen molar-refractivity contribution in [3.8, 4) is 169 Å². The summed E-state index contributed by atoms with van der Waals surface area (Å²) in [6.07, 6.45) is 0. The van der Waals surface area contributed by atoms with Gasteiger partial charge in [0.25, 0.3) is 0 Å². The third kappa shape index (κ3) is 13.7. The molecule has 0 saturated carbocycles. The maximum absolute atomic E-state index is 5.18. The molecule has 0 unspecified atom stereocenters. The highest BCUT2D eigenvalue weighted by molar-refractivity contribution is 6.08. The molecule has 4 aliphatic carbocycles. The summed E-state index contributed by atoms with van der Waals surface area (Å²) < 4.78 is 0. The molecule has 20 aromatic rings. The molecule has 0 saturated heterocycles. The van der Waals surface area contributed by atoms with Gasteiger partial charge >= 0.3 is 0 Å². The average molecular weight is 1650 g/mol. The zero-order valence-electron chi connectivity index (χ0n) is 72.6. The maximum Gasteiger partial charge on any atom is 0.164 e. The van der Waals surface area contributed by atoms with Crippen LogP contribution in [0.25, 0.3) is 191 Å². The summed E-state index contributed by atoms with van der Waals surface area (Å²) in [7, 11) is 0. The van der Waals surface area contributed by atoms with Crippen molar-refractivity contribution in [3.05, 3.63) is 439 Å². The number of hydrogen-bond donors (Lipinski definition) is 0. The van der Waals surface area contributed by atoms with Gasteiger partial charge in [0.15, 0.2) is 52.4 Å². The molecule has 4 aliphatic rings. The molecule has 610 valence electrons. The first-order valence-electron chi connectivity index (χ1n) is 44.1. The van der Waals surface area contributed by atoms with Gasteiger partial charge in [0.05, 0.1) is 0 Å². The van der Waals surface area contributed by atoms with Gasteiger partial charge in [-0.3, -0.25) is 0 Å². The second-order valence-electron chi connectivity index (χ2n) is 36.0. The van der Waals surface area contributed by atoms with E-state index in [0.717, 1.165) is 72.0 Å². The Morgan fingerprint density at radius 1 is 0.141 bits per heavy atom. The van der Waals surface area contributed by atoms with Crippen LogP contribution in [0.3, 0.4) is 0 Å². The molecule has 0 bridgehead atoms. The lowest BCUT2D eigenvalue weighted by molar-refractivity contribution is 0.660. The zero-order chi connectivity index (χ0) is 86.6. The van der Waals surface area contributed by atoms with Gasteiger partial charge in [-0.1, -0.05) is 419 Å². The maximum atomic E-state index is 5.18. The molecule has 128 heavy (non-hydrogen) atoms. The molecule has 3 aromatic heterocycles. The number of nitrogens with zero attached hydrogens (tertiary/aromatic N) is 9. The van der Waals surface area contributed by atoms with Gasteiger partial charge in [0.1, 0.15) is 0 Å². The lowest BCUT2D eigenvalue weighted by Crippen LogP contribution is -2.15. The summed E-state index contributed by atoms with van der Waals surface area (Å²) in [5.74, 6) is 6.08. The van der Waals surface area contributed by atoms with Crippen molar-refractivity contribution in [1.29, 1.82) is 0 Å². The Morgan fingerprint density at radius 3 is 0.773 bits per heavy atom. The molecule has 0 atom stereocenters. The Balaban J connectivity index is 0.000000114. The Labute approximate surface area is 746 Å². The van der Waals surface area contributed by atoms with Crippen LogP contribution in [0.5, 0.6) is 0 Å². The summed E-state index contributed by atoms with van der Waals surface area (Å²) in [5, 5.41) is 4.73. The highest BCUT2D eigenvalue weighted by atomic mass is 15.1. The van der Waals surface area contributed by atoms with Crippen LogP contribution in [0.4, 0.5) is 0 Å². The number of aromatic nitrogens is 9. The van der Waals surface area contributed by atoms with E-state index >= 15 is 0 Å². The van der Waals surface area contributed by atoms with Crippen LogP contribution in [-0.4, -0.2) is 44.9 Å². The smallest absolute Gasteiger partial charge is 0.164 e. The predicted molar refractivity (Wildman–Crippen MR) is 525 cm³/mol. The van der Waals surface area contributed by atoms with E-state index in [1.807, 2.05) is 60.7 Å².